The van der Waals surface area contributed by atoms with E-state index in [-0.39, 0.29) is 11.2 Å². The summed E-state index contributed by atoms with van der Waals surface area (Å²) < 4.78 is 26.4. The average molecular weight is 307 g/mol. The van der Waals surface area contributed by atoms with Crippen LogP contribution in [-0.2, 0) is 19.6 Å². The summed E-state index contributed by atoms with van der Waals surface area (Å²) >= 11 is 0. The highest BCUT2D eigenvalue weighted by Crippen LogP contribution is 2.19. The standard InChI is InChI=1S/C14H13NO5S/c16-9-12(8-14(17)18)15-21(19,20)13-6-5-10-3-1-2-4-11(10)7-13/h1-7,9,12,15H,8H2,(H,17,18)/t12-/m1/s1. The number of hydrogen-bond acceptors (Lipinski definition) is 4. The van der Waals surface area contributed by atoms with Crippen molar-refractivity contribution in [2.45, 2.75) is 17.4 Å². The monoisotopic (exact) mass is 307 g/mol. The fourth-order valence-electron chi connectivity index (χ4n) is 1.91. The van der Waals surface area contributed by atoms with Crippen LogP contribution in [0.15, 0.2) is 47.4 Å². The number of hydrogen-bond donors (Lipinski definition) is 2. The van der Waals surface area contributed by atoms with Crippen molar-refractivity contribution in [1.82, 2.24) is 4.72 Å². The first-order valence-electron chi connectivity index (χ1n) is 6.10. The van der Waals surface area contributed by atoms with Gasteiger partial charge in [0.15, 0.2) is 0 Å². The average Bonchev–Trinajstić information content (AvgIpc) is 2.45. The number of carboxylic acids is 1. The molecule has 21 heavy (non-hydrogen) atoms. The van der Waals surface area contributed by atoms with Crippen LogP contribution in [-0.4, -0.2) is 31.8 Å². The van der Waals surface area contributed by atoms with E-state index in [9.17, 15) is 18.0 Å². The van der Waals surface area contributed by atoms with Gasteiger partial charge in [-0.2, -0.15) is 0 Å². The van der Waals surface area contributed by atoms with Crippen molar-refractivity contribution in [3.8, 4) is 0 Å². The molecule has 0 aromatic heterocycles. The maximum Gasteiger partial charge on any atom is 0.305 e. The third-order valence-corrected chi connectivity index (χ3v) is 4.38. The molecule has 0 aliphatic heterocycles. The minimum absolute atomic E-state index is 0.0153. The number of aliphatic carboxylic acids is 1. The zero-order chi connectivity index (χ0) is 15.5. The van der Waals surface area contributed by atoms with Gasteiger partial charge >= 0.3 is 5.97 Å². The number of carbonyl (C=O) groups excluding carboxylic acids is 1. The van der Waals surface area contributed by atoms with E-state index in [2.05, 4.69) is 4.72 Å². The van der Waals surface area contributed by atoms with Gasteiger partial charge < -0.3 is 9.90 Å². The third-order valence-electron chi connectivity index (χ3n) is 2.90. The number of sulfonamides is 1. The van der Waals surface area contributed by atoms with Gasteiger partial charge in [-0.15, -0.1) is 0 Å². The molecule has 110 valence electrons. The fraction of sp³-hybridized carbons (Fsp3) is 0.143. The third kappa shape index (κ3) is 3.65. The largest absolute Gasteiger partial charge is 0.481 e. The number of rotatable bonds is 6. The van der Waals surface area contributed by atoms with E-state index in [0.717, 1.165) is 10.8 Å². The van der Waals surface area contributed by atoms with Crippen LogP contribution in [0.5, 0.6) is 0 Å². The second kappa shape index (κ2) is 6.02. The molecule has 0 fully saturated rings. The summed E-state index contributed by atoms with van der Waals surface area (Å²) in [4.78, 5) is 21.3. The Hall–Kier alpha value is -2.25. The van der Waals surface area contributed by atoms with Gasteiger partial charge in [-0.1, -0.05) is 30.3 Å². The topological polar surface area (TPSA) is 101 Å². The Morgan fingerprint density at radius 2 is 1.86 bits per heavy atom. The molecule has 6 nitrogen and oxygen atoms in total. The molecule has 0 aliphatic rings. The Morgan fingerprint density at radius 3 is 2.48 bits per heavy atom. The van der Waals surface area contributed by atoms with Gasteiger partial charge in [0, 0.05) is 0 Å². The lowest BCUT2D eigenvalue weighted by Crippen LogP contribution is -2.37. The maximum absolute atomic E-state index is 12.2. The Morgan fingerprint density at radius 1 is 1.19 bits per heavy atom. The van der Waals surface area contributed by atoms with Crippen LogP contribution < -0.4 is 4.72 Å². The molecule has 2 aromatic rings. The van der Waals surface area contributed by atoms with Crippen molar-refractivity contribution in [1.29, 1.82) is 0 Å². The van der Waals surface area contributed by atoms with Gasteiger partial charge in [-0.3, -0.25) is 4.79 Å². The molecule has 0 saturated carbocycles. The number of nitrogens with one attached hydrogen (secondary N) is 1. The Balaban J connectivity index is 2.32. The SMILES string of the molecule is O=C[C@@H](CC(=O)O)NS(=O)(=O)c1ccc2ccccc2c1. The van der Waals surface area contributed by atoms with Crippen molar-refractivity contribution in [2.75, 3.05) is 0 Å². The lowest BCUT2D eigenvalue weighted by molar-refractivity contribution is -0.138. The summed E-state index contributed by atoms with van der Waals surface area (Å²) in [5, 5.41) is 10.3. The molecule has 0 aliphatic carbocycles. The van der Waals surface area contributed by atoms with Crippen LogP contribution >= 0.6 is 0 Å². The molecule has 2 N–H and O–H groups in total. The fourth-order valence-corrected chi connectivity index (χ4v) is 3.11. The van der Waals surface area contributed by atoms with Gasteiger partial charge in [-0.05, 0) is 22.9 Å². The Bertz CT molecular complexity index is 785. The van der Waals surface area contributed by atoms with E-state index in [1.807, 2.05) is 12.1 Å². The first kappa shape index (κ1) is 15.1. The molecule has 0 radical (unpaired) electrons. The van der Waals surface area contributed by atoms with Crippen molar-refractivity contribution >= 4 is 33.1 Å². The van der Waals surface area contributed by atoms with Crippen LogP contribution in [0.4, 0.5) is 0 Å². The number of aldehydes is 1. The number of benzene rings is 2. The molecule has 2 rings (SSSR count). The number of carboxylic acid groups (broad SMARTS) is 1. The molecular formula is C14H13NO5S. The van der Waals surface area contributed by atoms with E-state index in [1.54, 1.807) is 18.2 Å². The van der Waals surface area contributed by atoms with E-state index < -0.39 is 28.5 Å². The van der Waals surface area contributed by atoms with E-state index in [4.69, 9.17) is 5.11 Å². The highest BCUT2D eigenvalue weighted by Gasteiger charge is 2.21. The lowest BCUT2D eigenvalue weighted by atomic mass is 10.1. The smallest absolute Gasteiger partial charge is 0.305 e. The summed E-state index contributed by atoms with van der Waals surface area (Å²) in [6.07, 6.45) is -0.330. The predicted molar refractivity (Wildman–Crippen MR) is 76.4 cm³/mol. The second-order valence-electron chi connectivity index (χ2n) is 4.47. The van der Waals surface area contributed by atoms with Crippen LogP contribution in [0.1, 0.15) is 6.42 Å². The van der Waals surface area contributed by atoms with Crippen molar-refractivity contribution in [3.63, 3.8) is 0 Å². The molecule has 0 saturated heterocycles. The maximum atomic E-state index is 12.2. The highest BCUT2D eigenvalue weighted by atomic mass is 32.2. The molecule has 0 spiro atoms. The minimum atomic E-state index is -3.95. The van der Waals surface area contributed by atoms with Gasteiger partial charge in [-0.25, -0.2) is 13.1 Å². The van der Waals surface area contributed by atoms with Gasteiger partial charge in [0.05, 0.1) is 17.4 Å². The van der Waals surface area contributed by atoms with Crippen LogP contribution in [0.2, 0.25) is 0 Å². The quantitative estimate of drug-likeness (QED) is 0.780. The summed E-state index contributed by atoms with van der Waals surface area (Å²) in [7, 11) is -3.95. The molecule has 2 aromatic carbocycles. The van der Waals surface area contributed by atoms with Gasteiger partial charge in [0.2, 0.25) is 10.0 Å². The Kier molecular flexibility index (Phi) is 4.35. The molecule has 0 bridgehead atoms. The molecule has 0 unspecified atom stereocenters. The zero-order valence-corrected chi connectivity index (χ0v) is 11.7. The van der Waals surface area contributed by atoms with E-state index in [1.165, 1.54) is 12.1 Å². The molecule has 1 atom stereocenters. The summed E-state index contributed by atoms with van der Waals surface area (Å²) in [6, 6.07) is 10.5. The lowest BCUT2D eigenvalue weighted by Gasteiger charge is -2.11. The Labute approximate surface area is 121 Å². The van der Waals surface area contributed by atoms with E-state index in [0.29, 0.717) is 0 Å². The van der Waals surface area contributed by atoms with Crippen LogP contribution in [0, 0.1) is 0 Å². The summed E-state index contributed by atoms with van der Waals surface area (Å²) in [5.74, 6) is -1.26. The van der Waals surface area contributed by atoms with Gasteiger partial charge in [0.25, 0.3) is 0 Å². The van der Waals surface area contributed by atoms with Crippen LogP contribution in [0.25, 0.3) is 10.8 Å². The predicted octanol–water partition coefficient (Wildman–Crippen LogP) is 1.16. The summed E-state index contributed by atoms with van der Waals surface area (Å²) in [5.41, 5.74) is 0. The normalized spacial score (nSPS) is 13.0. The van der Waals surface area contributed by atoms with Gasteiger partial charge in [0.1, 0.15) is 6.29 Å². The molecular weight excluding hydrogens is 294 g/mol. The van der Waals surface area contributed by atoms with Crippen molar-refractivity contribution in [2.24, 2.45) is 0 Å². The minimum Gasteiger partial charge on any atom is -0.481 e. The number of fused-ring (bicyclic) bond motifs is 1. The molecule has 0 heterocycles. The van der Waals surface area contributed by atoms with E-state index >= 15 is 0 Å². The van der Waals surface area contributed by atoms with Crippen molar-refractivity contribution < 1.29 is 23.1 Å². The second-order valence-corrected chi connectivity index (χ2v) is 6.18. The first-order valence-corrected chi connectivity index (χ1v) is 7.59. The first-order chi connectivity index (χ1) is 9.92. The summed E-state index contributed by atoms with van der Waals surface area (Å²) in [6.45, 7) is 0. The zero-order valence-electron chi connectivity index (χ0n) is 10.9. The van der Waals surface area contributed by atoms with Crippen molar-refractivity contribution in [3.05, 3.63) is 42.5 Å². The highest BCUT2D eigenvalue weighted by molar-refractivity contribution is 7.89. The number of carbonyl (C=O) groups is 2. The molecule has 0 amide bonds. The molecule has 7 heteroatoms. The van der Waals surface area contributed by atoms with Crippen LogP contribution in [0.3, 0.4) is 0 Å².